The Hall–Kier alpha value is -0.160. The third kappa shape index (κ3) is 2.12. The number of rotatable bonds is 2. The first kappa shape index (κ1) is 11.9. The van der Waals surface area contributed by atoms with Crippen molar-refractivity contribution in [1.29, 1.82) is 0 Å². The standard InChI is InChI=1S/C13H13BrOS2/c1-7-9(6-12(14)16-7)13(15)11-5-8-3-2-4-10(8)17-11/h5-6,13,15H,2-4H2,1H3. The topological polar surface area (TPSA) is 20.2 Å². The van der Waals surface area contributed by atoms with Crippen LogP contribution in [0.1, 0.15) is 38.3 Å². The lowest BCUT2D eigenvalue weighted by molar-refractivity contribution is 0.224. The second-order valence-electron chi connectivity index (χ2n) is 4.42. The Balaban J connectivity index is 1.95. The minimum atomic E-state index is -0.451. The van der Waals surface area contributed by atoms with Crippen molar-refractivity contribution in [3.63, 3.8) is 0 Å². The predicted octanol–water partition coefficient (Wildman–Crippen LogP) is 4.45. The maximum Gasteiger partial charge on any atom is 0.114 e. The predicted molar refractivity (Wildman–Crippen MR) is 77.2 cm³/mol. The number of fused-ring (bicyclic) bond motifs is 1. The normalized spacial score (nSPS) is 16.2. The number of aliphatic hydroxyl groups excluding tert-OH is 1. The molecule has 0 aliphatic heterocycles. The first-order valence-electron chi connectivity index (χ1n) is 5.70. The van der Waals surface area contributed by atoms with E-state index in [1.807, 2.05) is 6.07 Å². The number of hydrogen-bond donors (Lipinski definition) is 1. The minimum Gasteiger partial charge on any atom is -0.383 e. The van der Waals surface area contributed by atoms with Crippen molar-refractivity contribution in [3.8, 4) is 0 Å². The largest absolute Gasteiger partial charge is 0.383 e. The monoisotopic (exact) mass is 328 g/mol. The number of aryl methyl sites for hydroxylation is 3. The van der Waals surface area contributed by atoms with E-state index in [1.54, 1.807) is 22.7 Å². The van der Waals surface area contributed by atoms with Gasteiger partial charge < -0.3 is 5.11 Å². The summed E-state index contributed by atoms with van der Waals surface area (Å²) in [4.78, 5) is 3.77. The summed E-state index contributed by atoms with van der Waals surface area (Å²) in [6, 6.07) is 4.23. The van der Waals surface area contributed by atoms with Gasteiger partial charge in [0.1, 0.15) is 6.10 Å². The Morgan fingerprint density at radius 2 is 2.12 bits per heavy atom. The summed E-state index contributed by atoms with van der Waals surface area (Å²) in [5.74, 6) is 0. The molecule has 1 aliphatic rings. The molecule has 1 atom stereocenters. The summed E-state index contributed by atoms with van der Waals surface area (Å²) >= 11 is 6.95. The van der Waals surface area contributed by atoms with Crippen LogP contribution in [0.5, 0.6) is 0 Å². The fourth-order valence-corrected chi connectivity index (χ4v) is 5.37. The summed E-state index contributed by atoms with van der Waals surface area (Å²) < 4.78 is 1.09. The van der Waals surface area contributed by atoms with Crippen molar-refractivity contribution in [1.82, 2.24) is 0 Å². The molecule has 1 nitrogen and oxygen atoms in total. The second kappa shape index (κ2) is 4.50. The smallest absolute Gasteiger partial charge is 0.114 e. The van der Waals surface area contributed by atoms with E-state index in [-0.39, 0.29) is 0 Å². The molecule has 0 fully saturated rings. The molecule has 1 unspecified atom stereocenters. The molecule has 2 aromatic heterocycles. The van der Waals surface area contributed by atoms with Gasteiger partial charge in [-0.15, -0.1) is 22.7 Å². The molecule has 0 amide bonds. The lowest BCUT2D eigenvalue weighted by Gasteiger charge is -2.07. The molecular formula is C13H13BrOS2. The molecule has 17 heavy (non-hydrogen) atoms. The Bertz CT molecular complexity index is 534. The van der Waals surface area contributed by atoms with Crippen LogP contribution in [0.4, 0.5) is 0 Å². The lowest BCUT2D eigenvalue weighted by Crippen LogP contribution is -1.96. The van der Waals surface area contributed by atoms with Crippen molar-refractivity contribution in [2.75, 3.05) is 0 Å². The van der Waals surface area contributed by atoms with Crippen molar-refractivity contribution in [2.24, 2.45) is 0 Å². The zero-order chi connectivity index (χ0) is 12.0. The SMILES string of the molecule is Cc1sc(Br)cc1C(O)c1cc2c(s1)CCC2. The van der Waals surface area contributed by atoms with Gasteiger partial charge in [-0.25, -0.2) is 0 Å². The molecule has 3 rings (SSSR count). The van der Waals surface area contributed by atoms with Crippen LogP contribution < -0.4 is 0 Å². The van der Waals surface area contributed by atoms with Gasteiger partial charge in [-0.2, -0.15) is 0 Å². The van der Waals surface area contributed by atoms with Gasteiger partial charge in [-0.3, -0.25) is 0 Å². The maximum atomic E-state index is 10.4. The molecule has 0 aromatic carbocycles. The maximum absolute atomic E-state index is 10.4. The molecule has 0 spiro atoms. The van der Waals surface area contributed by atoms with Crippen LogP contribution in [0, 0.1) is 6.92 Å². The van der Waals surface area contributed by atoms with Crippen LogP contribution in [-0.4, -0.2) is 5.11 Å². The average molecular weight is 329 g/mol. The molecule has 90 valence electrons. The highest BCUT2D eigenvalue weighted by molar-refractivity contribution is 9.11. The number of hydrogen-bond acceptors (Lipinski definition) is 3. The third-order valence-corrected chi connectivity index (χ3v) is 6.11. The van der Waals surface area contributed by atoms with E-state index in [1.165, 1.54) is 34.6 Å². The van der Waals surface area contributed by atoms with E-state index >= 15 is 0 Å². The Morgan fingerprint density at radius 3 is 2.76 bits per heavy atom. The number of thiophene rings is 2. The molecule has 0 radical (unpaired) electrons. The quantitative estimate of drug-likeness (QED) is 0.863. The first-order valence-corrected chi connectivity index (χ1v) is 8.13. The summed E-state index contributed by atoms with van der Waals surface area (Å²) in [7, 11) is 0. The summed E-state index contributed by atoms with van der Waals surface area (Å²) in [6.07, 6.45) is 3.21. The molecular weight excluding hydrogens is 316 g/mol. The highest BCUT2D eigenvalue weighted by Gasteiger charge is 2.21. The van der Waals surface area contributed by atoms with Crippen LogP contribution >= 0.6 is 38.6 Å². The van der Waals surface area contributed by atoms with Gasteiger partial charge >= 0.3 is 0 Å². The van der Waals surface area contributed by atoms with Gasteiger partial charge in [0.05, 0.1) is 3.79 Å². The zero-order valence-electron chi connectivity index (χ0n) is 9.50. The Morgan fingerprint density at radius 1 is 1.29 bits per heavy atom. The van der Waals surface area contributed by atoms with Crippen molar-refractivity contribution >= 4 is 38.6 Å². The van der Waals surface area contributed by atoms with Crippen LogP contribution in [0.15, 0.2) is 15.9 Å². The first-order chi connectivity index (χ1) is 8.15. The summed E-state index contributed by atoms with van der Waals surface area (Å²) in [5, 5.41) is 10.4. The highest BCUT2D eigenvalue weighted by atomic mass is 79.9. The molecule has 0 saturated heterocycles. The van der Waals surface area contributed by atoms with Crippen LogP contribution in [0.2, 0.25) is 0 Å². The van der Waals surface area contributed by atoms with Gasteiger partial charge in [0.25, 0.3) is 0 Å². The van der Waals surface area contributed by atoms with Gasteiger partial charge in [-0.05, 0) is 59.8 Å². The molecule has 4 heteroatoms. The molecule has 2 aromatic rings. The third-order valence-electron chi connectivity index (χ3n) is 3.26. The highest BCUT2D eigenvalue weighted by Crippen LogP contribution is 2.39. The van der Waals surface area contributed by atoms with Gasteiger partial charge in [0.15, 0.2) is 0 Å². The fraction of sp³-hybridized carbons (Fsp3) is 0.385. The van der Waals surface area contributed by atoms with E-state index in [2.05, 4.69) is 28.9 Å². The van der Waals surface area contributed by atoms with Crippen LogP contribution in [-0.2, 0) is 12.8 Å². The van der Waals surface area contributed by atoms with E-state index in [4.69, 9.17) is 0 Å². The Kier molecular flexibility index (Phi) is 3.15. The lowest BCUT2D eigenvalue weighted by atomic mass is 10.1. The molecule has 0 bridgehead atoms. The molecule has 1 N–H and O–H groups in total. The van der Waals surface area contributed by atoms with Crippen molar-refractivity contribution < 1.29 is 5.11 Å². The van der Waals surface area contributed by atoms with Crippen LogP contribution in [0.3, 0.4) is 0 Å². The van der Waals surface area contributed by atoms with Crippen molar-refractivity contribution in [2.45, 2.75) is 32.3 Å². The van der Waals surface area contributed by atoms with E-state index in [9.17, 15) is 5.11 Å². The van der Waals surface area contributed by atoms with E-state index < -0.39 is 6.10 Å². The van der Waals surface area contributed by atoms with Gasteiger partial charge in [-0.1, -0.05) is 0 Å². The number of halogens is 1. The minimum absolute atomic E-state index is 0.451. The summed E-state index contributed by atoms with van der Waals surface area (Å²) in [6.45, 7) is 2.06. The van der Waals surface area contributed by atoms with E-state index in [0.717, 1.165) is 14.2 Å². The van der Waals surface area contributed by atoms with E-state index in [0.29, 0.717) is 0 Å². The van der Waals surface area contributed by atoms with Gasteiger partial charge in [0.2, 0.25) is 0 Å². The Labute approximate surface area is 117 Å². The molecule has 2 heterocycles. The second-order valence-corrected chi connectivity index (χ2v) is 8.22. The van der Waals surface area contributed by atoms with Crippen LogP contribution in [0.25, 0.3) is 0 Å². The molecule has 0 saturated carbocycles. The number of aliphatic hydroxyl groups is 1. The van der Waals surface area contributed by atoms with Crippen molar-refractivity contribution in [3.05, 3.63) is 41.7 Å². The summed E-state index contributed by atoms with van der Waals surface area (Å²) in [5.41, 5.74) is 2.50. The molecule has 1 aliphatic carbocycles. The fourth-order valence-electron chi connectivity index (χ4n) is 2.37. The average Bonchev–Trinajstić information content (AvgIpc) is 2.90. The van der Waals surface area contributed by atoms with Gasteiger partial charge in [0, 0.05) is 20.2 Å². The zero-order valence-corrected chi connectivity index (χ0v) is 12.7.